The number of rotatable bonds is 9. The van der Waals surface area contributed by atoms with E-state index in [2.05, 4.69) is 41.5 Å². The molecule has 1 fully saturated rings. The molecule has 1 aromatic carbocycles. The van der Waals surface area contributed by atoms with Crippen molar-refractivity contribution in [3.05, 3.63) is 23.8 Å². The van der Waals surface area contributed by atoms with Gasteiger partial charge in [0.1, 0.15) is 11.4 Å². The molecule has 0 aromatic heterocycles. The lowest BCUT2D eigenvalue weighted by Gasteiger charge is -2.42. The topological polar surface area (TPSA) is 74.3 Å². The van der Waals surface area contributed by atoms with Gasteiger partial charge in [-0.15, -0.1) is 5.06 Å². The first-order valence-corrected chi connectivity index (χ1v) is 14.9. The predicted octanol–water partition coefficient (Wildman–Crippen LogP) is 7.01. The molecule has 35 heavy (non-hydrogen) atoms. The maximum absolute atomic E-state index is 13.5. The predicted molar refractivity (Wildman–Crippen MR) is 141 cm³/mol. The van der Waals surface area contributed by atoms with Crippen LogP contribution in [-0.4, -0.2) is 51.1 Å². The van der Waals surface area contributed by atoms with Gasteiger partial charge in [-0.3, -0.25) is 4.79 Å². The van der Waals surface area contributed by atoms with Crippen molar-refractivity contribution < 1.29 is 28.3 Å². The summed E-state index contributed by atoms with van der Waals surface area (Å²) in [6, 6.07) is 5.62. The fraction of sp³-hybridized carbons (Fsp3) is 0.704. The highest BCUT2D eigenvalue weighted by atomic mass is 28.4. The zero-order valence-corrected chi connectivity index (χ0v) is 24.3. The van der Waals surface area contributed by atoms with Crippen molar-refractivity contribution in [2.24, 2.45) is 5.92 Å². The highest BCUT2D eigenvalue weighted by Gasteiger charge is 2.47. The number of hydrogen-bond donors (Lipinski definition) is 0. The van der Waals surface area contributed by atoms with Crippen molar-refractivity contribution in [1.82, 2.24) is 5.06 Å². The van der Waals surface area contributed by atoms with Crippen molar-refractivity contribution in [1.29, 1.82) is 0 Å². The maximum atomic E-state index is 13.5. The lowest BCUT2D eigenvalue weighted by atomic mass is 9.89. The molecule has 0 bridgehead atoms. The van der Waals surface area contributed by atoms with Gasteiger partial charge in [0, 0.05) is 19.0 Å². The number of ketones is 1. The highest BCUT2D eigenvalue weighted by Crippen LogP contribution is 2.45. The molecule has 0 saturated carbocycles. The zero-order valence-electron chi connectivity index (χ0n) is 23.3. The molecule has 0 spiro atoms. The molecule has 0 atom stereocenters. The minimum Gasteiger partial charge on any atom is -0.540 e. The van der Waals surface area contributed by atoms with Crippen LogP contribution in [0.4, 0.5) is 4.79 Å². The van der Waals surface area contributed by atoms with E-state index in [0.29, 0.717) is 59.6 Å². The normalized spacial score (nSPS) is 16.0. The fourth-order valence-electron chi connectivity index (χ4n) is 5.35. The maximum Gasteiger partial charge on any atom is 0.528 e. The Morgan fingerprint density at radius 1 is 0.971 bits per heavy atom. The Bertz CT molecular complexity index is 847. The summed E-state index contributed by atoms with van der Waals surface area (Å²) in [4.78, 5) is 30.8. The van der Waals surface area contributed by atoms with E-state index in [-0.39, 0.29) is 11.7 Å². The number of ether oxygens (including phenoxy) is 2. The van der Waals surface area contributed by atoms with Crippen LogP contribution in [0.1, 0.15) is 85.5 Å². The van der Waals surface area contributed by atoms with Gasteiger partial charge in [0.2, 0.25) is 0 Å². The van der Waals surface area contributed by atoms with Crippen molar-refractivity contribution >= 4 is 20.3 Å². The van der Waals surface area contributed by atoms with Crippen LogP contribution >= 0.6 is 0 Å². The van der Waals surface area contributed by atoms with E-state index in [4.69, 9.17) is 18.7 Å². The van der Waals surface area contributed by atoms with Gasteiger partial charge in [-0.05, 0) is 62.4 Å². The molecule has 8 heteroatoms. The second kappa shape index (κ2) is 11.8. The quantitative estimate of drug-likeness (QED) is 0.202. The Kier molecular flexibility index (Phi) is 9.82. The van der Waals surface area contributed by atoms with E-state index >= 15 is 0 Å². The van der Waals surface area contributed by atoms with E-state index in [0.717, 1.165) is 0 Å². The largest absolute Gasteiger partial charge is 0.540 e. The average molecular weight is 508 g/mol. The van der Waals surface area contributed by atoms with Gasteiger partial charge >= 0.3 is 6.16 Å². The standard InChI is InChI=1S/C27H45NO6Si/c1-18(2)35(19(3)4,20(5)6)34-23-13-11-12-22(25(23)31-10)24(29)21-14-16-28(17-15-21)33-26(30)32-27(7,8)9/h11-13,18-21H,14-17H2,1-10H3. The van der Waals surface area contributed by atoms with Crippen LogP contribution in [0.15, 0.2) is 18.2 Å². The molecular formula is C27H45NO6Si. The summed E-state index contributed by atoms with van der Waals surface area (Å²) >= 11 is 0. The van der Waals surface area contributed by atoms with Gasteiger partial charge in [0.25, 0.3) is 8.32 Å². The molecule has 1 aliphatic rings. The Balaban J connectivity index is 2.19. The van der Waals surface area contributed by atoms with E-state index in [1.165, 1.54) is 0 Å². The fourth-order valence-corrected chi connectivity index (χ4v) is 10.6. The Hall–Kier alpha value is -2.06. The molecule has 0 radical (unpaired) electrons. The molecule has 2 rings (SSSR count). The molecule has 198 valence electrons. The lowest BCUT2D eigenvalue weighted by molar-refractivity contribution is -0.153. The summed E-state index contributed by atoms with van der Waals surface area (Å²) in [5, 5.41) is 1.57. The van der Waals surface area contributed by atoms with Crippen molar-refractivity contribution in [3.63, 3.8) is 0 Å². The number of hydrogen-bond acceptors (Lipinski definition) is 7. The number of piperidine rings is 1. The minimum atomic E-state index is -2.21. The Morgan fingerprint density at radius 2 is 1.51 bits per heavy atom. The molecule has 7 nitrogen and oxygen atoms in total. The SMILES string of the molecule is COc1c(O[Si](C(C)C)(C(C)C)C(C)C)cccc1C(=O)C1CCN(OC(=O)OC(C)(C)C)CC1. The first-order chi connectivity index (χ1) is 16.2. The molecule has 1 aromatic rings. The molecular weight excluding hydrogens is 462 g/mol. The van der Waals surface area contributed by atoms with Crippen LogP contribution in [0.25, 0.3) is 0 Å². The third-order valence-corrected chi connectivity index (χ3v) is 12.8. The first-order valence-electron chi connectivity index (χ1n) is 12.8. The summed E-state index contributed by atoms with van der Waals surface area (Å²) in [6.07, 6.45) is 0.443. The third-order valence-electron chi connectivity index (χ3n) is 6.86. The molecule has 1 aliphatic heterocycles. The van der Waals surface area contributed by atoms with Crippen LogP contribution in [0.3, 0.4) is 0 Å². The number of Topliss-reactive ketones (excluding diaryl/α,β-unsaturated/α-hetero) is 1. The van der Waals surface area contributed by atoms with E-state index in [1.807, 2.05) is 18.2 Å². The van der Waals surface area contributed by atoms with E-state index in [9.17, 15) is 9.59 Å². The first kappa shape index (κ1) is 29.2. The van der Waals surface area contributed by atoms with Crippen LogP contribution < -0.4 is 9.16 Å². The van der Waals surface area contributed by atoms with Gasteiger partial charge in [-0.25, -0.2) is 4.79 Å². The van der Waals surface area contributed by atoms with Crippen molar-refractivity contribution in [3.8, 4) is 11.5 Å². The molecule has 0 unspecified atom stereocenters. The number of para-hydroxylation sites is 1. The summed E-state index contributed by atoms with van der Waals surface area (Å²) < 4.78 is 17.9. The van der Waals surface area contributed by atoms with Gasteiger partial charge in [-0.2, -0.15) is 0 Å². The van der Waals surface area contributed by atoms with Crippen LogP contribution in [0.2, 0.25) is 16.6 Å². The van der Waals surface area contributed by atoms with E-state index < -0.39 is 20.1 Å². The number of carbonyl (C=O) groups excluding carboxylic acids is 2. The van der Waals surface area contributed by atoms with Crippen LogP contribution in [-0.2, 0) is 9.57 Å². The minimum absolute atomic E-state index is 0.0372. The number of methoxy groups -OCH3 is 1. The highest BCUT2D eigenvalue weighted by molar-refractivity contribution is 6.78. The number of nitrogens with zero attached hydrogens (tertiary/aromatic N) is 1. The van der Waals surface area contributed by atoms with Gasteiger partial charge in [0.15, 0.2) is 11.5 Å². The number of carbonyl (C=O) groups is 2. The Labute approximate surface area is 212 Å². The summed E-state index contributed by atoms with van der Waals surface area (Å²) in [5.74, 6) is 1.03. The average Bonchev–Trinajstić information content (AvgIpc) is 2.75. The molecule has 0 amide bonds. The molecule has 0 N–H and O–H groups in total. The molecule has 1 saturated heterocycles. The second-order valence-electron chi connectivity index (χ2n) is 11.4. The second-order valence-corrected chi connectivity index (χ2v) is 16.8. The summed E-state index contributed by atoms with van der Waals surface area (Å²) in [7, 11) is -0.617. The molecule has 0 aliphatic carbocycles. The molecule has 1 heterocycles. The van der Waals surface area contributed by atoms with Crippen molar-refractivity contribution in [2.45, 2.75) is 97.4 Å². The lowest BCUT2D eigenvalue weighted by Crippen LogP contribution is -2.50. The van der Waals surface area contributed by atoms with E-state index in [1.54, 1.807) is 32.9 Å². The third kappa shape index (κ3) is 7.00. The number of hydroxylamine groups is 2. The zero-order chi connectivity index (χ0) is 26.6. The van der Waals surface area contributed by atoms with Crippen LogP contribution in [0.5, 0.6) is 11.5 Å². The summed E-state index contributed by atoms with van der Waals surface area (Å²) in [6.45, 7) is 19.7. The monoisotopic (exact) mass is 507 g/mol. The van der Waals surface area contributed by atoms with Crippen molar-refractivity contribution in [2.75, 3.05) is 20.2 Å². The number of benzene rings is 1. The van der Waals surface area contributed by atoms with Gasteiger partial charge < -0.3 is 18.7 Å². The Morgan fingerprint density at radius 3 is 1.97 bits per heavy atom. The van der Waals surface area contributed by atoms with Crippen LogP contribution in [0, 0.1) is 5.92 Å². The van der Waals surface area contributed by atoms with Gasteiger partial charge in [0.05, 0.1) is 12.7 Å². The van der Waals surface area contributed by atoms with Gasteiger partial charge in [-0.1, -0.05) is 47.6 Å². The smallest absolute Gasteiger partial charge is 0.528 e. The summed E-state index contributed by atoms with van der Waals surface area (Å²) in [5.41, 5.74) is 1.15.